The topological polar surface area (TPSA) is 95.6 Å². The first-order valence-corrected chi connectivity index (χ1v) is 14.6. The number of aryl methyl sites for hydroxylation is 1. The molecule has 0 bridgehead atoms. The third kappa shape index (κ3) is 6.51. The standard InChI is InChI=1S/C26H37N3O4S2/c1-17(2)15-29(16-18(3)4)35(32,33)20-13-11-19(12-14-20)24(30)28-26-23(25(31)27-5)21-9-7-6-8-10-22(21)34-26/h11-14,17-18H,6-10,15-16H2,1-5H3,(H,27,31)(H,28,30). The van der Waals surface area contributed by atoms with E-state index in [1.807, 2.05) is 27.7 Å². The molecule has 1 aromatic carbocycles. The van der Waals surface area contributed by atoms with Gasteiger partial charge in [0.1, 0.15) is 5.00 Å². The van der Waals surface area contributed by atoms with Crippen molar-refractivity contribution >= 4 is 38.2 Å². The molecule has 2 amide bonds. The van der Waals surface area contributed by atoms with Crippen LogP contribution < -0.4 is 10.6 Å². The third-order valence-corrected chi connectivity index (χ3v) is 9.05. The Labute approximate surface area is 213 Å². The first-order chi connectivity index (χ1) is 16.5. The molecule has 2 aromatic rings. The molecule has 1 aliphatic rings. The van der Waals surface area contributed by atoms with E-state index in [1.54, 1.807) is 7.05 Å². The zero-order chi connectivity index (χ0) is 25.8. The molecule has 35 heavy (non-hydrogen) atoms. The summed E-state index contributed by atoms with van der Waals surface area (Å²) in [4.78, 5) is 27.0. The number of amides is 2. The van der Waals surface area contributed by atoms with Crippen LogP contribution in [-0.2, 0) is 22.9 Å². The number of carbonyl (C=O) groups is 2. The summed E-state index contributed by atoms with van der Waals surface area (Å²) in [6, 6.07) is 6.04. The van der Waals surface area contributed by atoms with Crippen LogP contribution in [0.5, 0.6) is 0 Å². The fourth-order valence-electron chi connectivity index (χ4n) is 4.38. The average Bonchev–Trinajstić information content (AvgIpc) is 2.97. The normalized spacial score (nSPS) is 14.2. The van der Waals surface area contributed by atoms with E-state index >= 15 is 0 Å². The van der Waals surface area contributed by atoms with Crippen molar-refractivity contribution in [2.24, 2.45) is 11.8 Å². The van der Waals surface area contributed by atoms with Crippen LogP contribution in [0, 0.1) is 11.8 Å². The van der Waals surface area contributed by atoms with Gasteiger partial charge in [0.2, 0.25) is 10.0 Å². The first kappa shape index (κ1) is 27.4. The van der Waals surface area contributed by atoms with Gasteiger partial charge in [-0.15, -0.1) is 11.3 Å². The van der Waals surface area contributed by atoms with Gasteiger partial charge < -0.3 is 10.6 Å². The maximum Gasteiger partial charge on any atom is 0.256 e. The average molecular weight is 520 g/mol. The Morgan fingerprint density at radius 2 is 1.54 bits per heavy atom. The van der Waals surface area contributed by atoms with E-state index < -0.39 is 10.0 Å². The molecule has 0 aliphatic heterocycles. The van der Waals surface area contributed by atoms with Crippen LogP contribution in [0.3, 0.4) is 0 Å². The molecule has 192 valence electrons. The van der Waals surface area contributed by atoms with E-state index in [0.717, 1.165) is 42.5 Å². The number of nitrogens with zero attached hydrogens (tertiary/aromatic N) is 1. The number of thiophene rings is 1. The van der Waals surface area contributed by atoms with Crippen LogP contribution in [0.1, 0.15) is 78.1 Å². The first-order valence-electron chi connectivity index (χ1n) is 12.3. The molecule has 0 saturated heterocycles. The van der Waals surface area contributed by atoms with E-state index in [4.69, 9.17) is 0 Å². The second-order valence-corrected chi connectivity index (χ2v) is 13.0. The highest BCUT2D eigenvalue weighted by Crippen LogP contribution is 2.37. The minimum atomic E-state index is -3.67. The second-order valence-electron chi connectivity index (χ2n) is 9.94. The van der Waals surface area contributed by atoms with E-state index in [2.05, 4.69) is 10.6 Å². The molecule has 9 heteroatoms. The number of sulfonamides is 1. The Morgan fingerprint density at radius 3 is 2.11 bits per heavy atom. The second kappa shape index (κ2) is 11.7. The quantitative estimate of drug-likeness (QED) is 0.459. The maximum absolute atomic E-state index is 13.3. The van der Waals surface area contributed by atoms with Crippen molar-refractivity contribution < 1.29 is 18.0 Å². The summed E-state index contributed by atoms with van der Waals surface area (Å²) >= 11 is 1.47. The van der Waals surface area contributed by atoms with Crippen molar-refractivity contribution in [1.29, 1.82) is 0 Å². The Hall–Kier alpha value is -2.23. The van der Waals surface area contributed by atoms with Crippen LogP contribution in [0.25, 0.3) is 0 Å². The number of benzene rings is 1. The van der Waals surface area contributed by atoms with Gasteiger partial charge >= 0.3 is 0 Å². The number of hydrogen-bond acceptors (Lipinski definition) is 5. The summed E-state index contributed by atoms with van der Waals surface area (Å²) in [6.07, 6.45) is 4.99. The van der Waals surface area contributed by atoms with Gasteiger partial charge in [0.05, 0.1) is 10.5 Å². The number of rotatable bonds is 9. The maximum atomic E-state index is 13.3. The lowest BCUT2D eigenvalue weighted by Crippen LogP contribution is -2.37. The zero-order valence-electron chi connectivity index (χ0n) is 21.3. The molecule has 2 N–H and O–H groups in total. The minimum absolute atomic E-state index is 0.171. The summed E-state index contributed by atoms with van der Waals surface area (Å²) in [5.41, 5.74) is 1.94. The smallest absolute Gasteiger partial charge is 0.256 e. The van der Waals surface area contributed by atoms with E-state index in [1.165, 1.54) is 39.9 Å². The Morgan fingerprint density at radius 1 is 0.943 bits per heavy atom. The van der Waals surface area contributed by atoms with Crippen LogP contribution in [-0.4, -0.2) is 44.7 Å². The minimum Gasteiger partial charge on any atom is -0.355 e. The summed E-state index contributed by atoms with van der Waals surface area (Å²) < 4.78 is 28.0. The number of nitrogens with one attached hydrogen (secondary N) is 2. The van der Waals surface area contributed by atoms with Crippen LogP contribution in [0.2, 0.25) is 0 Å². The lowest BCUT2D eigenvalue weighted by atomic mass is 10.0. The number of hydrogen-bond donors (Lipinski definition) is 2. The van der Waals surface area contributed by atoms with Gasteiger partial charge in [-0.1, -0.05) is 34.1 Å². The van der Waals surface area contributed by atoms with Crippen LogP contribution in [0.4, 0.5) is 5.00 Å². The molecule has 7 nitrogen and oxygen atoms in total. The van der Waals surface area contributed by atoms with E-state index in [-0.39, 0.29) is 28.5 Å². The van der Waals surface area contributed by atoms with Crippen molar-refractivity contribution in [3.8, 4) is 0 Å². The van der Waals surface area contributed by atoms with Crippen LogP contribution >= 0.6 is 11.3 Å². The lowest BCUT2D eigenvalue weighted by Gasteiger charge is -2.25. The summed E-state index contributed by atoms with van der Waals surface area (Å²) in [5.74, 6) is -0.165. The van der Waals surface area contributed by atoms with Gasteiger partial charge in [-0.2, -0.15) is 4.31 Å². The molecule has 0 unspecified atom stereocenters. The monoisotopic (exact) mass is 519 g/mol. The molecule has 1 aliphatic carbocycles. The molecular weight excluding hydrogens is 482 g/mol. The summed E-state index contributed by atoms with van der Waals surface area (Å²) in [5, 5.41) is 6.16. The predicted octanol–water partition coefficient (Wildman–Crippen LogP) is 4.93. The van der Waals surface area contributed by atoms with Gasteiger partial charge in [-0.05, 0) is 67.3 Å². The summed E-state index contributed by atoms with van der Waals surface area (Å²) in [7, 11) is -2.08. The van der Waals surface area contributed by atoms with Gasteiger partial charge in [0.25, 0.3) is 11.8 Å². The van der Waals surface area contributed by atoms with Crippen molar-refractivity contribution in [3.05, 3.63) is 45.8 Å². The molecule has 0 atom stereocenters. The van der Waals surface area contributed by atoms with Crippen molar-refractivity contribution in [3.63, 3.8) is 0 Å². The number of anilines is 1. The molecule has 1 heterocycles. The molecule has 0 saturated carbocycles. The molecule has 0 spiro atoms. The molecule has 1 aromatic heterocycles. The molecule has 0 radical (unpaired) electrons. The molecule has 0 fully saturated rings. The van der Waals surface area contributed by atoms with Gasteiger partial charge in [0, 0.05) is 30.6 Å². The third-order valence-electron chi connectivity index (χ3n) is 5.99. The van der Waals surface area contributed by atoms with Gasteiger partial charge in [-0.3, -0.25) is 9.59 Å². The lowest BCUT2D eigenvalue weighted by molar-refractivity contribution is 0.0963. The van der Waals surface area contributed by atoms with Crippen molar-refractivity contribution in [2.75, 3.05) is 25.5 Å². The highest BCUT2D eigenvalue weighted by Gasteiger charge is 2.27. The SMILES string of the molecule is CNC(=O)c1c(NC(=O)c2ccc(S(=O)(=O)N(CC(C)C)CC(C)C)cc2)sc2c1CCCCC2. The summed E-state index contributed by atoms with van der Waals surface area (Å²) in [6.45, 7) is 8.85. The largest absolute Gasteiger partial charge is 0.355 e. The van der Waals surface area contributed by atoms with E-state index in [0.29, 0.717) is 29.2 Å². The Bertz CT molecular complexity index is 1140. The number of fused-ring (bicyclic) bond motifs is 1. The highest BCUT2D eigenvalue weighted by atomic mass is 32.2. The highest BCUT2D eigenvalue weighted by molar-refractivity contribution is 7.89. The number of carbonyl (C=O) groups excluding carboxylic acids is 2. The Balaban J connectivity index is 1.84. The fraction of sp³-hybridized carbons (Fsp3) is 0.538. The van der Waals surface area contributed by atoms with Crippen molar-refractivity contribution in [1.82, 2.24) is 9.62 Å². The van der Waals surface area contributed by atoms with Gasteiger partial charge in [-0.25, -0.2) is 8.42 Å². The van der Waals surface area contributed by atoms with Crippen LogP contribution in [0.15, 0.2) is 29.2 Å². The fourth-order valence-corrected chi connectivity index (χ4v) is 7.43. The Kier molecular flexibility index (Phi) is 9.12. The van der Waals surface area contributed by atoms with Gasteiger partial charge in [0.15, 0.2) is 0 Å². The molecular formula is C26H37N3O4S2. The van der Waals surface area contributed by atoms with Crippen molar-refractivity contribution in [2.45, 2.75) is 64.7 Å². The molecule has 3 rings (SSSR count). The zero-order valence-corrected chi connectivity index (χ0v) is 22.9. The predicted molar refractivity (Wildman–Crippen MR) is 142 cm³/mol. The van der Waals surface area contributed by atoms with E-state index in [9.17, 15) is 18.0 Å².